The normalized spacial score (nSPS) is 11.1. The molecule has 2 aromatic rings. The predicted octanol–water partition coefficient (Wildman–Crippen LogP) is 4.21. The summed E-state index contributed by atoms with van der Waals surface area (Å²) in [5.74, 6) is 0.168. The van der Waals surface area contributed by atoms with Gasteiger partial charge in [-0.3, -0.25) is 4.99 Å². The van der Waals surface area contributed by atoms with Gasteiger partial charge in [-0.1, -0.05) is 11.6 Å². The van der Waals surface area contributed by atoms with E-state index in [4.69, 9.17) is 11.6 Å². The third-order valence-electron chi connectivity index (χ3n) is 2.67. The van der Waals surface area contributed by atoms with Gasteiger partial charge in [-0.15, -0.1) is 0 Å². The summed E-state index contributed by atoms with van der Waals surface area (Å²) in [7, 11) is 0. The van der Waals surface area contributed by atoms with Crippen molar-refractivity contribution in [3.05, 3.63) is 58.1 Å². The molecule has 0 saturated heterocycles. The van der Waals surface area contributed by atoms with Crippen molar-refractivity contribution in [3.8, 4) is 5.75 Å². The van der Waals surface area contributed by atoms with Crippen LogP contribution < -0.4 is 0 Å². The second kappa shape index (κ2) is 5.23. The van der Waals surface area contributed by atoms with Gasteiger partial charge in [-0.2, -0.15) is 0 Å². The summed E-state index contributed by atoms with van der Waals surface area (Å²) in [6, 6.07) is 11.7. The van der Waals surface area contributed by atoms with Crippen LogP contribution in [0.5, 0.6) is 5.75 Å². The second-order valence-electron chi connectivity index (χ2n) is 4.13. The Morgan fingerprint density at radius 3 is 2.56 bits per heavy atom. The Bertz CT molecular complexity index is 585. The molecular weight excluding hydrogens is 246 g/mol. The van der Waals surface area contributed by atoms with Gasteiger partial charge < -0.3 is 5.11 Å². The van der Waals surface area contributed by atoms with Crippen LogP contribution in [-0.2, 0) is 0 Å². The number of hydrogen-bond donors (Lipinski definition) is 1. The fraction of sp³-hybridized carbons (Fsp3) is 0.133. The van der Waals surface area contributed by atoms with Crippen molar-refractivity contribution in [2.24, 2.45) is 4.99 Å². The zero-order chi connectivity index (χ0) is 13.1. The van der Waals surface area contributed by atoms with Crippen LogP contribution in [0.3, 0.4) is 0 Å². The van der Waals surface area contributed by atoms with Gasteiger partial charge in [0.05, 0.1) is 5.69 Å². The molecule has 0 saturated carbocycles. The second-order valence-corrected chi connectivity index (χ2v) is 4.57. The lowest BCUT2D eigenvalue weighted by molar-refractivity contribution is 0.474. The van der Waals surface area contributed by atoms with Crippen LogP contribution >= 0.6 is 11.6 Å². The van der Waals surface area contributed by atoms with Gasteiger partial charge >= 0.3 is 0 Å². The Labute approximate surface area is 112 Å². The summed E-state index contributed by atoms with van der Waals surface area (Å²) in [6.07, 6.45) is 1.62. The number of hydrogen-bond acceptors (Lipinski definition) is 2. The Balaban J connectivity index is 2.39. The van der Waals surface area contributed by atoms with E-state index in [1.165, 1.54) is 0 Å². The third-order valence-corrected chi connectivity index (χ3v) is 2.90. The molecule has 2 rings (SSSR count). The molecular formula is C15H13ClNO. The standard InChI is InChI=1S/C15H13ClNO/c1-10-4-3-5-11(2)15(10)17-9-12-8-13(16)6-7-14(12)18/h4-9,18H,1-2H3/b17-9+. The van der Waals surface area contributed by atoms with Crippen molar-refractivity contribution in [2.75, 3.05) is 0 Å². The summed E-state index contributed by atoms with van der Waals surface area (Å²) >= 11 is 5.88. The van der Waals surface area contributed by atoms with E-state index in [2.05, 4.69) is 11.1 Å². The molecule has 0 unspecified atom stereocenters. The first kappa shape index (κ1) is 12.7. The van der Waals surface area contributed by atoms with Crippen LogP contribution in [0.4, 0.5) is 5.69 Å². The molecule has 0 aliphatic carbocycles. The zero-order valence-corrected chi connectivity index (χ0v) is 11.0. The number of rotatable bonds is 2. The van der Waals surface area contributed by atoms with Crippen molar-refractivity contribution >= 4 is 23.5 Å². The van der Waals surface area contributed by atoms with Gasteiger partial charge in [0.1, 0.15) is 5.75 Å². The van der Waals surface area contributed by atoms with E-state index in [9.17, 15) is 5.11 Å². The highest BCUT2D eigenvalue weighted by Crippen LogP contribution is 2.24. The summed E-state index contributed by atoms with van der Waals surface area (Å²) in [5.41, 5.74) is 3.60. The molecule has 1 radical (unpaired) electrons. The minimum atomic E-state index is 0.168. The zero-order valence-electron chi connectivity index (χ0n) is 10.2. The van der Waals surface area contributed by atoms with E-state index < -0.39 is 0 Å². The van der Waals surface area contributed by atoms with Crippen LogP contribution in [0.1, 0.15) is 16.7 Å². The Morgan fingerprint density at radius 2 is 1.89 bits per heavy atom. The average molecular weight is 259 g/mol. The maximum atomic E-state index is 9.70. The number of phenols is 1. The molecule has 0 bridgehead atoms. The summed E-state index contributed by atoms with van der Waals surface area (Å²) < 4.78 is 0. The van der Waals surface area contributed by atoms with Crippen LogP contribution in [0.25, 0.3) is 0 Å². The topological polar surface area (TPSA) is 32.6 Å². The van der Waals surface area contributed by atoms with Crippen molar-refractivity contribution in [3.63, 3.8) is 0 Å². The molecule has 1 N–H and O–H groups in total. The molecule has 3 heteroatoms. The van der Waals surface area contributed by atoms with E-state index in [0.29, 0.717) is 10.6 Å². The van der Waals surface area contributed by atoms with Gasteiger partial charge in [0.15, 0.2) is 0 Å². The first-order valence-corrected chi connectivity index (χ1v) is 5.95. The highest BCUT2D eigenvalue weighted by atomic mass is 35.5. The van der Waals surface area contributed by atoms with Gasteiger partial charge in [-0.05, 0) is 61.4 Å². The lowest BCUT2D eigenvalue weighted by atomic mass is 10.1. The van der Waals surface area contributed by atoms with E-state index in [1.54, 1.807) is 24.4 Å². The van der Waals surface area contributed by atoms with E-state index in [0.717, 1.165) is 16.8 Å². The maximum absolute atomic E-state index is 9.70. The molecule has 91 valence electrons. The summed E-state index contributed by atoms with van der Waals surface area (Å²) in [6.45, 7) is 3.96. The number of phenolic OH excluding ortho intramolecular Hbond substituents is 1. The van der Waals surface area contributed by atoms with Gasteiger partial charge in [0, 0.05) is 16.8 Å². The highest BCUT2D eigenvalue weighted by molar-refractivity contribution is 6.30. The van der Waals surface area contributed by atoms with Crippen molar-refractivity contribution in [2.45, 2.75) is 13.8 Å². The van der Waals surface area contributed by atoms with Crippen LogP contribution in [0.2, 0.25) is 5.02 Å². The average Bonchev–Trinajstić information content (AvgIpc) is 2.33. The molecule has 2 nitrogen and oxygen atoms in total. The summed E-state index contributed by atoms with van der Waals surface area (Å²) in [5, 5.41) is 10.3. The third kappa shape index (κ3) is 2.71. The quantitative estimate of drug-likeness (QED) is 0.804. The van der Waals surface area contributed by atoms with Crippen molar-refractivity contribution in [1.82, 2.24) is 0 Å². The predicted molar refractivity (Wildman–Crippen MR) is 75.1 cm³/mol. The molecule has 0 atom stereocenters. The first-order valence-electron chi connectivity index (χ1n) is 5.58. The number of halogens is 1. The number of nitrogens with zero attached hydrogens (tertiary/aromatic N) is 1. The molecule has 0 heterocycles. The highest BCUT2D eigenvalue weighted by Gasteiger charge is 2.02. The van der Waals surface area contributed by atoms with Crippen LogP contribution in [0, 0.1) is 19.9 Å². The molecule has 0 spiro atoms. The first-order chi connectivity index (χ1) is 8.58. The fourth-order valence-electron chi connectivity index (χ4n) is 1.71. The van der Waals surface area contributed by atoms with Crippen LogP contribution in [0.15, 0.2) is 35.3 Å². The SMILES string of the molecule is Cc1c[c]cc(C)c1/N=C/c1cc(Cl)ccc1O. The van der Waals surface area contributed by atoms with E-state index >= 15 is 0 Å². The van der Waals surface area contributed by atoms with E-state index in [1.807, 2.05) is 26.0 Å². The molecule has 0 amide bonds. The Morgan fingerprint density at radius 1 is 1.22 bits per heavy atom. The molecule has 0 aliphatic heterocycles. The van der Waals surface area contributed by atoms with Crippen molar-refractivity contribution in [1.29, 1.82) is 0 Å². The number of aromatic hydroxyl groups is 1. The lowest BCUT2D eigenvalue weighted by Crippen LogP contribution is -1.85. The molecule has 0 aromatic heterocycles. The number of aliphatic imine (C=N–C) groups is 1. The van der Waals surface area contributed by atoms with Gasteiger partial charge in [0.2, 0.25) is 0 Å². The van der Waals surface area contributed by atoms with Gasteiger partial charge in [-0.25, -0.2) is 0 Å². The molecule has 18 heavy (non-hydrogen) atoms. The van der Waals surface area contributed by atoms with Crippen LogP contribution in [-0.4, -0.2) is 11.3 Å². The Kier molecular flexibility index (Phi) is 3.68. The largest absolute Gasteiger partial charge is 0.507 e. The smallest absolute Gasteiger partial charge is 0.124 e. The molecule has 2 aromatic carbocycles. The fourth-order valence-corrected chi connectivity index (χ4v) is 1.89. The van der Waals surface area contributed by atoms with E-state index in [-0.39, 0.29) is 5.75 Å². The monoisotopic (exact) mass is 258 g/mol. The van der Waals surface area contributed by atoms with Gasteiger partial charge in [0.25, 0.3) is 0 Å². The molecule has 0 fully saturated rings. The minimum absolute atomic E-state index is 0.168. The lowest BCUT2D eigenvalue weighted by Gasteiger charge is -2.04. The van der Waals surface area contributed by atoms with Crippen molar-refractivity contribution < 1.29 is 5.11 Å². The Hall–Kier alpha value is -1.80. The maximum Gasteiger partial charge on any atom is 0.124 e. The number of benzene rings is 2. The summed E-state index contributed by atoms with van der Waals surface area (Å²) in [4.78, 5) is 4.41. The minimum Gasteiger partial charge on any atom is -0.507 e. The number of aryl methyl sites for hydroxylation is 2. The molecule has 0 aliphatic rings.